The Bertz CT molecular complexity index is 868. The number of carbonyl (C=O) groups is 1. The van der Waals surface area contributed by atoms with Crippen molar-refractivity contribution in [1.29, 1.82) is 5.26 Å². The summed E-state index contributed by atoms with van der Waals surface area (Å²) in [4.78, 5) is 16.4. The molecule has 2 heterocycles. The van der Waals surface area contributed by atoms with Gasteiger partial charge in [-0.25, -0.2) is 0 Å². The molecule has 1 aromatic rings. The van der Waals surface area contributed by atoms with Gasteiger partial charge >= 0.3 is 6.18 Å². The van der Waals surface area contributed by atoms with Crippen LogP contribution in [-0.4, -0.2) is 50.7 Å². The van der Waals surface area contributed by atoms with Crippen LogP contribution in [0.1, 0.15) is 43.2 Å². The van der Waals surface area contributed by atoms with E-state index in [1.807, 2.05) is 9.80 Å². The highest BCUT2D eigenvalue weighted by Crippen LogP contribution is 2.47. The van der Waals surface area contributed by atoms with Crippen LogP contribution in [0.3, 0.4) is 0 Å². The quantitative estimate of drug-likeness (QED) is 0.700. The molecule has 0 N–H and O–H groups in total. The van der Waals surface area contributed by atoms with Crippen LogP contribution in [0.5, 0.6) is 0 Å². The number of hydrogen-bond acceptors (Lipinski definition) is 4. The number of nitrogens with zero attached hydrogens (tertiary/aromatic N) is 3. The highest BCUT2D eigenvalue weighted by molar-refractivity contribution is 5.76. The average Bonchev–Trinajstić information content (AvgIpc) is 3.49. The van der Waals surface area contributed by atoms with Crippen LogP contribution >= 0.6 is 0 Å². The Balaban J connectivity index is 1.51. The van der Waals surface area contributed by atoms with Crippen LogP contribution in [0.25, 0.3) is 0 Å². The van der Waals surface area contributed by atoms with Gasteiger partial charge in [-0.2, -0.15) is 18.4 Å². The number of amides is 1. The second kappa shape index (κ2) is 8.34. The van der Waals surface area contributed by atoms with Crippen molar-refractivity contribution in [2.24, 2.45) is 17.3 Å². The first kappa shape index (κ1) is 21.9. The Morgan fingerprint density at radius 3 is 2.58 bits per heavy atom. The zero-order chi connectivity index (χ0) is 22.2. The first-order valence-electron chi connectivity index (χ1n) is 10.9. The van der Waals surface area contributed by atoms with Crippen molar-refractivity contribution >= 4 is 11.6 Å². The third-order valence-corrected chi connectivity index (χ3v) is 7.25. The molecule has 31 heavy (non-hydrogen) atoms. The summed E-state index contributed by atoms with van der Waals surface area (Å²) in [6, 6.07) is 5.60. The molecule has 1 amide bonds. The number of hydrogen-bond donors (Lipinski definition) is 0. The molecule has 1 unspecified atom stereocenters. The molecule has 0 bridgehead atoms. The number of ether oxygens (including phenoxy) is 1. The van der Waals surface area contributed by atoms with Crippen LogP contribution in [0.2, 0.25) is 0 Å². The summed E-state index contributed by atoms with van der Waals surface area (Å²) < 4.78 is 45.8. The molecule has 1 aromatic carbocycles. The van der Waals surface area contributed by atoms with Crippen molar-refractivity contribution < 1.29 is 22.7 Å². The van der Waals surface area contributed by atoms with Gasteiger partial charge in [0, 0.05) is 51.3 Å². The lowest BCUT2D eigenvalue weighted by Gasteiger charge is -2.42. The smallest absolute Gasteiger partial charge is 0.384 e. The van der Waals surface area contributed by atoms with Crippen LogP contribution in [-0.2, 0) is 15.7 Å². The molecule has 1 saturated carbocycles. The molecule has 8 heteroatoms. The third-order valence-electron chi connectivity index (χ3n) is 7.25. The lowest BCUT2D eigenvalue weighted by molar-refractivity contribution is -0.137. The SMILES string of the molecule is COCC1CN(c2ccc(C#N)c(C(F)(F)F)c2)CC12CCN(C(=O)CC1CC1)CC2. The van der Waals surface area contributed by atoms with Crippen molar-refractivity contribution in [3.8, 4) is 6.07 Å². The summed E-state index contributed by atoms with van der Waals surface area (Å²) in [5.41, 5.74) is -0.853. The van der Waals surface area contributed by atoms with E-state index >= 15 is 0 Å². The van der Waals surface area contributed by atoms with E-state index in [2.05, 4.69) is 0 Å². The van der Waals surface area contributed by atoms with E-state index in [9.17, 15) is 18.0 Å². The van der Waals surface area contributed by atoms with E-state index in [1.54, 1.807) is 19.2 Å². The monoisotopic (exact) mass is 435 g/mol. The fourth-order valence-electron chi connectivity index (χ4n) is 5.19. The first-order valence-corrected chi connectivity index (χ1v) is 10.9. The van der Waals surface area contributed by atoms with E-state index in [0.717, 1.165) is 31.7 Å². The van der Waals surface area contributed by atoms with Gasteiger partial charge in [-0.3, -0.25) is 4.79 Å². The molecule has 0 aromatic heterocycles. The number of methoxy groups -OCH3 is 1. The molecule has 1 atom stereocenters. The minimum atomic E-state index is -4.57. The van der Waals surface area contributed by atoms with Gasteiger partial charge < -0.3 is 14.5 Å². The zero-order valence-electron chi connectivity index (χ0n) is 17.7. The summed E-state index contributed by atoms with van der Waals surface area (Å²) in [5.74, 6) is 0.978. The van der Waals surface area contributed by atoms with E-state index < -0.39 is 11.7 Å². The Morgan fingerprint density at radius 1 is 1.29 bits per heavy atom. The van der Waals surface area contributed by atoms with E-state index in [4.69, 9.17) is 10.00 Å². The molecule has 3 aliphatic rings. The summed E-state index contributed by atoms with van der Waals surface area (Å²) in [6.07, 6.45) is 0.0359. The summed E-state index contributed by atoms with van der Waals surface area (Å²) in [7, 11) is 1.65. The summed E-state index contributed by atoms with van der Waals surface area (Å²) in [5, 5.41) is 9.06. The van der Waals surface area contributed by atoms with Crippen molar-refractivity contribution in [2.75, 3.05) is 44.8 Å². The van der Waals surface area contributed by atoms with Crippen LogP contribution in [0, 0.1) is 28.6 Å². The van der Waals surface area contributed by atoms with Crippen molar-refractivity contribution in [2.45, 2.75) is 38.3 Å². The van der Waals surface area contributed by atoms with Gasteiger partial charge in [0.1, 0.15) is 0 Å². The Hall–Kier alpha value is -2.27. The highest BCUT2D eigenvalue weighted by atomic mass is 19.4. The maximum Gasteiger partial charge on any atom is 0.417 e. The Labute approximate surface area is 180 Å². The molecule has 2 saturated heterocycles. The van der Waals surface area contributed by atoms with Gasteiger partial charge in [-0.1, -0.05) is 0 Å². The standard InChI is InChI=1S/C23H28F3N3O2/c1-31-14-18-13-29(19-5-4-17(12-27)20(11-19)23(24,25)26)15-22(18)6-8-28(9-7-22)21(30)10-16-2-3-16/h4-5,11,16,18H,2-3,6-10,13-15H2,1H3. The van der Waals surface area contributed by atoms with Gasteiger partial charge in [0.15, 0.2) is 0 Å². The lowest BCUT2D eigenvalue weighted by atomic mass is 9.71. The molecule has 2 aliphatic heterocycles. The topological polar surface area (TPSA) is 56.6 Å². The Morgan fingerprint density at radius 2 is 2.00 bits per heavy atom. The molecule has 168 valence electrons. The number of benzene rings is 1. The summed E-state index contributed by atoms with van der Waals surface area (Å²) >= 11 is 0. The number of piperidine rings is 1. The van der Waals surface area contributed by atoms with E-state index in [1.165, 1.54) is 6.07 Å². The number of alkyl halides is 3. The summed E-state index contributed by atoms with van der Waals surface area (Å²) in [6.45, 7) is 3.17. The molecule has 1 aliphatic carbocycles. The molecule has 3 fully saturated rings. The highest BCUT2D eigenvalue weighted by Gasteiger charge is 2.49. The third kappa shape index (κ3) is 4.52. The molecular formula is C23H28F3N3O2. The minimum Gasteiger partial charge on any atom is -0.384 e. The number of anilines is 1. The maximum atomic E-state index is 13.4. The van der Waals surface area contributed by atoms with Crippen LogP contribution in [0.15, 0.2) is 18.2 Å². The number of carbonyl (C=O) groups excluding carboxylic acids is 1. The van der Waals surface area contributed by atoms with Gasteiger partial charge in [0.05, 0.1) is 23.8 Å². The van der Waals surface area contributed by atoms with E-state index in [-0.39, 0.29) is 22.8 Å². The molecule has 5 nitrogen and oxygen atoms in total. The molecule has 4 rings (SSSR count). The van der Waals surface area contributed by atoms with Crippen molar-refractivity contribution in [3.63, 3.8) is 0 Å². The second-order valence-corrected chi connectivity index (χ2v) is 9.26. The lowest BCUT2D eigenvalue weighted by Crippen LogP contribution is -2.47. The largest absolute Gasteiger partial charge is 0.417 e. The number of rotatable bonds is 5. The zero-order valence-corrected chi connectivity index (χ0v) is 17.7. The number of nitriles is 1. The predicted molar refractivity (Wildman–Crippen MR) is 109 cm³/mol. The van der Waals surface area contributed by atoms with Crippen LogP contribution in [0.4, 0.5) is 18.9 Å². The average molecular weight is 435 g/mol. The van der Waals surface area contributed by atoms with Crippen molar-refractivity contribution in [1.82, 2.24) is 4.90 Å². The molecular weight excluding hydrogens is 407 g/mol. The Kier molecular flexibility index (Phi) is 5.91. The van der Waals surface area contributed by atoms with Gasteiger partial charge in [0.25, 0.3) is 0 Å². The fraction of sp³-hybridized carbons (Fsp3) is 0.652. The van der Waals surface area contributed by atoms with Crippen LogP contribution < -0.4 is 4.90 Å². The van der Waals surface area contributed by atoms with Gasteiger partial charge in [0.2, 0.25) is 5.91 Å². The van der Waals surface area contributed by atoms with E-state index in [0.29, 0.717) is 50.8 Å². The van der Waals surface area contributed by atoms with Gasteiger partial charge in [-0.05, 0) is 55.2 Å². The fourth-order valence-corrected chi connectivity index (χ4v) is 5.19. The first-order chi connectivity index (χ1) is 14.8. The predicted octanol–water partition coefficient (Wildman–Crippen LogP) is 4.07. The number of likely N-dealkylation sites (tertiary alicyclic amines) is 1. The van der Waals surface area contributed by atoms with Gasteiger partial charge in [-0.15, -0.1) is 0 Å². The maximum absolute atomic E-state index is 13.4. The number of halogens is 3. The van der Waals surface area contributed by atoms with Crippen molar-refractivity contribution in [3.05, 3.63) is 29.3 Å². The molecule has 1 spiro atoms. The normalized spacial score (nSPS) is 23.3. The molecule has 0 radical (unpaired) electrons. The second-order valence-electron chi connectivity index (χ2n) is 9.26. The minimum absolute atomic E-state index is 0.0847.